The lowest BCUT2D eigenvalue weighted by molar-refractivity contribution is -0.00123. The van der Waals surface area contributed by atoms with E-state index >= 15 is 0 Å². The van der Waals surface area contributed by atoms with Gasteiger partial charge in [0, 0.05) is 5.39 Å². The molecular formula is C19H18O3. The zero-order valence-electron chi connectivity index (χ0n) is 12.1. The summed E-state index contributed by atoms with van der Waals surface area (Å²) in [4.78, 5) is 0. The van der Waals surface area contributed by atoms with Crippen LogP contribution in [0.5, 0.6) is 5.75 Å². The molecule has 0 spiro atoms. The fraction of sp³-hybridized carbons (Fsp3) is 0.158. The number of ether oxygens (including phenoxy) is 1. The van der Waals surface area contributed by atoms with Crippen molar-refractivity contribution in [2.45, 2.75) is 12.2 Å². The van der Waals surface area contributed by atoms with Crippen molar-refractivity contribution in [3.63, 3.8) is 0 Å². The van der Waals surface area contributed by atoms with Crippen molar-refractivity contribution in [2.24, 2.45) is 0 Å². The van der Waals surface area contributed by atoms with Crippen LogP contribution in [0.3, 0.4) is 0 Å². The van der Waals surface area contributed by atoms with Gasteiger partial charge in [-0.1, -0.05) is 66.7 Å². The summed E-state index contributed by atoms with van der Waals surface area (Å²) >= 11 is 0. The molecule has 112 valence electrons. The van der Waals surface area contributed by atoms with Crippen LogP contribution in [0.25, 0.3) is 10.8 Å². The van der Waals surface area contributed by atoms with Gasteiger partial charge >= 0.3 is 0 Å². The van der Waals surface area contributed by atoms with Crippen LogP contribution in [-0.4, -0.2) is 22.9 Å². The molecule has 2 atom stereocenters. The second-order valence-corrected chi connectivity index (χ2v) is 5.18. The molecule has 0 aliphatic carbocycles. The van der Waals surface area contributed by atoms with Crippen LogP contribution >= 0.6 is 0 Å². The average Bonchev–Trinajstić information content (AvgIpc) is 2.60. The molecular weight excluding hydrogens is 276 g/mol. The molecule has 0 heterocycles. The van der Waals surface area contributed by atoms with Crippen LogP contribution in [0.1, 0.15) is 11.7 Å². The highest BCUT2D eigenvalue weighted by Gasteiger charge is 2.23. The van der Waals surface area contributed by atoms with Crippen molar-refractivity contribution in [2.75, 3.05) is 6.61 Å². The molecule has 0 bridgehead atoms. The van der Waals surface area contributed by atoms with Crippen molar-refractivity contribution in [1.29, 1.82) is 0 Å². The van der Waals surface area contributed by atoms with Crippen molar-refractivity contribution in [3.05, 3.63) is 78.4 Å². The second-order valence-electron chi connectivity index (χ2n) is 5.18. The summed E-state index contributed by atoms with van der Waals surface area (Å²) in [6, 6.07) is 23.2. The second kappa shape index (κ2) is 6.60. The molecule has 0 aliphatic heterocycles. The number of aliphatic hydroxyl groups excluding tert-OH is 2. The normalized spacial score (nSPS) is 13.7. The van der Waals surface area contributed by atoms with Crippen molar-refractivity contribution in [3.8, 4) is 5.75 Å². The van der Waals surface area contributed by atoms with Gasteiger partial charge in [-0.15, -0.1) is 0 Å². The van der Waals surface area contributed by atoms with Gasteiger partial charge in [0.1, 0.15) is 11.9 Å². The molecule has 3 rings (SSSR count). The molecule has 22 heavy (non-hydrogen) atoms. The summed E-state index contributed by atoms with van der Waals surface area (Å²) < 4.78 is 6.06. The van der Waals surface area contributed by atoms with E-state index in [2.05, 4.69) is 0 Å². The van der Waals surface area contributed by atoms with Crippen LogP contribution in [0, 0.1) is 0 Å². The van der Waals surface area contributed by atoms with Gasteiger partial charge in [0.2, 0.25) is 0 Å². The van der Waals surface area contributed by atoms with E-state index in [9.17, 15) is 10.2 Å². The largest absolute Gasteiger partial charge is 0.482 e. The first-order chi connectivity index (χ1) is 10.8. The molecule has 0 aliphatic rings. The SMILES string of the molecule is OC[C@@H](O)[C@@H](Oc1cccc2ccccc12)c1ccccc1. The number of hydrogen-bond acceptors (Lipinski definition) is 3. The molecule has 3 nitrogen and oxygen atoms in total. The number of rotatable bonds is 5. The van der Waals surface area contributed by atoms with E-state index in [0.29, 0.717) is 5.75 Å². The Morgan fingerprint density at radius 3 is 2.27 bits per heavy atom. The maximum absolute atomic E-state index is 10.1. The highest BCUT2D eigenvalue weighted by molar-refractivity contribution is 5.88. The molecule has 3 aromatic rings. The number of fused-ring (bicyclic) bond motifs is 1. The maximum Gasteiger partial charge on any atom is 0.152 e. The smallest absolute Gasteiger partial charge is 0.152 e. The summed E-state index contributed by atoms with van der Waals surface area (Å²) in [7, 11) is 0. The fourth-order valence-corrected chi connectivity index (χ4v) is 2.54. The molecule has 0 unspecified atom stereocenters. The minimum Gasteiger partial charge on any atom is -0.482 e. The third-order valence-corrected chi connectivity index (χ3v) is 3.67. The van der Waals surface area contributed by atoms with Gasteiger partial charge in [0.15, 0.2) is 6.10 Å². The Bertz CT molecular complexity index is 735. The van der Waals surface area contributed by atoms with Crippen molar-refractivity contribution < 1.29 is 14.9 Å². The monoisotopic (exact) mass is 294 g/mol. The number of hydrogen-bond donors (Lipinski definition) is 2. The predicted octanol–water partition coefficient (Wildman–Crippen LogP) is 3.31. The van der Waals surface area contributed by atoms with Crippen LogP contribution in [-0.2, 0) is 0 Å². The lowest BCUT2D eigenvalue weighted by atomic mass is 10.0. The topological polar surface area (TPSA) is 49.7 Å². The average molecular weight is 294 g/mol. The zero-order chi connectivity index (χ0) is 15.4. The fourth-order valence-electron chi connectivity index (χ4n) is 2.54. The van der Waals surface area contributed by atoms with Crippen LogP contribution < -0.4 is 4.74 Å². The third kappa shape index (κ3) is 2.96. The Balaban J connectivity index is 1.99. The van der Waals surface area contributed by atoms with Gasteiger partial charge in [-0.2, -0.15) is 0 Å². The Kier molecular flexibility index (Phi) is 4.37. The molecule has 0 fully saturated rings. The van der Waals surface area contributed by atoms with Gasteiger partial charge in [-0.05, 0) is 17.0 Å². The quantitative estimate of drug-likeness (QED) is 0.759. The maximum atomic E-state index is 10.1. The Morgan fingerprint density at radius 1 is 0.818 bits per heavy atom. The highest BCUT2D eigenvalue weighted by Crippen LogP contribution is 2.31. The molecule has 0 saturated carbocycles. The Labute approximate surface area is 129 Å². The van der Waals surface area contributed by atoms with Crippen LogP contribution in [0.2, 0.25) is 0 Å². The molecule has 0 aromatic heterocycles. The first kappa shape index (κ1) is 14.6. The van der Waals surface area contributed by atoms with E-state index in [0.717, 1.165) is 16.3 Å². The number of aliphatic hydroxyl groups is 2. The standard InChI is InChI=1S/C19H18O3/c20-13-17(21)19(15-8-2-1-3-9-15)22-18-12-6-10-14-7-4-5-11-16(14)18/h1-12,17,19-21H,13H2/t17-,19+/m1/s1. The predicted molar refractivity (Wildman–Crippen MR) is 86.9 cm³/mol. The van der Waals surface area contributed by atoms with E-state index in [1.54, 1.807) is 0 Å². The summed E-state index contributed by atoms with van der Waals surface area (Å²) in [5.41, 5.74) is 0.831. The Morgan fingerprint density at radius 2 is 1.50 bits per heavy atom. The summed E-state index contributed by atoms with van der Waals surface area (Å²) in [5.74, 6) is 0.694. The summed E-state index contributed by atoms with van der Waals surface area (Å²) in [6.07, 6.45) is -1.60. The number of benzene rings is 3. The van der Waals surface area contributed by atoms with E-state index in [1.165, 1.54) is 0 Å². The van der Waals surface area contributed by atoms with Gasteiger partial charge in [0.05, 0.1) is 6.61 Å². The molecule has 0 amide bonds. The van der Waals surface area contributed by atoms with E-state index < -0.39 is 12.2 Å². The molecule has 3 heteroatoms. The molecule has 0 saturated heterocycles. The highest BCUT2D eigenvalue weighted by atomic mass is 16.5. The van der Waals surface area contributed by atoms with Crippen molar-refractivity contribution >= 4 is 10.8 Å². The van der Waals surface area contributed by atoms with E-state index in [-0.39, 0.29) is 6.61 Å². The van der Waals surface area contributed by atoms with Gasteiger partial charge < -0.3 is 14.9 Å². The first-order valence-corrected chi connectivity index (χ1v) is 7.28. The molecule has 0 radical (unpaired) electrons. The van der Waals surface area contributed by atoms with Gasteiger partial charge in [-0.25, -0.2) is 0 Å². The zero-order valence-corrected chi connectivity index (χ0v) is 12.1. The van der Waals surface area contributed by atoms with Crippen LogP contribution in [0.4, 0.5) is 0 Å². The lowest BCUT2D eigenvalue weighted by Gasteiger charge is -2.24. The third-order valence-electron chi connectivity index (χ3n) is 3.67. The van der Waals surface area contributed by atoms with Crippen molar-refractivity contribution in [1.82, 2.24) is 0 Å². The Hall–Kier alpha value is -2.36. The van der Waals surface area contributed by atoms with Gasteiger partial charge in [0.25, 0.3) is 0 Å². The minimum absolute atomic E-state index is 0.357. The minimum atomic E-state index is -0.985. The summed E-state index contributed by atoms with van der Waals surface area (Å²) in [5, 5.41) is 21.5. The van der Waals surface area contributed by atoms with E-state index in [4.69, 9.17) is 4.74 Å². The van der Waals surface area contributed by atoms with E-state index in [1.807, 2.05) is 72.8 Å². The first-order valence-electron chi connectivity index (χ1n) is 7.28. The van der Waals surface area contributed by atoms with Gasteiger partial charge in [-0.3, -0.25) is 0 Å². The lowest BCUT2D eigenvalue weighted by Crippen LogP contribution is -2.27. The van der Waals surface area contributed by atoms with Crippen LogP contribution in [0.15, 0.2) is 72.8 Å². The summed E-state index contributed by atoms with van der Waals surface area (Å²) in [6.45, 7) is -0.357. The molecule has 3 aromatic carbocycles. The molecule has 2 N–H and O–H groups in total.